The number of aliphatic imine (C=N–C) groups is 1. The van der Waals surface area contributed by atoms with Gasteiger partial charge in [-0.25, -0.2) is 0 Å². The lowest BCUT2D eigenvalue weighted by Gasteiger charge is -2.20. The number of hydrogen-bond acceptors (Lipinski definition) is 3. The van der Waals surface area contributed by atoms with Crippen molar-refractivity contribution in [3.63, 3.8) is 0 Å². The van der Waals surface area contributed by atoms with Gasteiger partial charge < -0.3 is 10.6 Å². The number of fused-ring (bicyclic) bond motifs is 5. The van der Waals surface area contributed by atoms with Crippen molar-refractivity contribution in [2.24, 2.45) is 46.4 Å². The molecule has 0 spiro atoms. The van der Waals surface area contributed by atoms with Crippen molar-refractivity contribution in [1.29, 1.82) is 0 Å². The number of likely N-dealkylation sites (tertiary alicyclic amines) is 1. The summed E-state index contributed by atoms with van der Waals surface area (Å²) >= 11 is 0. The summed E-state index contributed by atoms with van der Waals surface area (Å²) in [4.78, 5) is 31.3. The summed E-state index contributed by atoms with van der Waals surface area (Å²) in [6, 6.07) is 0. The van der Waals surface area contributed by atoms with Gasteiger partial charge in [-0.1, -0.05) is 12.2 Å². The van der Waals surface area contributed by atoms with E-state index in [4.69, 9.17) is 0 Å². The van der Waals surface area contributed by atoms with E-state index in [-0.39, 0.29) is 23.7 Å². The normalized spacial score (nSPS) is 33.9. The first-order chi connectivity index (χ1) is 13.7. The quantitative estimate of drug-likeness (QED) is 0.220. The summed E-state index contributed by atoms with van der Waals surface area (Å²) in [5, 5.41) is 6.85. The SMILES string of the molecule is CN=C(NCCCN1C(=O)C2C3C=CC(C3)C2C1=O)NCC(C1CC1)C1CC1. The van der Waals surface area contributed by atoms with Crippen molar-refractivity contribution >= 4 is 17.8 Å². The average molecular weight is 385 g/mol. The molecule has 4 atom stereocenters. The van der Waals surface area contributed by atoms with E-state index in [0.29, 0.717) is 24.9 Å². The Hall–Kier alpha value is -1.85. The van der Waals surface area contributed by atoms with Gasteiger partial charge in [0.05, 0.1) is 11.8 Å². The second-order valence-electron chi connectivity index (χ2n) is 9.40. The van der Waals surface area contributed by atoms with Gasteiger partial charge in [-0.15, -0.1) is 0 Å². The largest absolute Gasteiger partial charge is 0.356 e. The molecular weight excluding hydrogens is 352 g/mol. The van der Waals surface area contributed by atoms with E-state index < -0.39 is 0 Å². The highest BCUT2D eigenvalue weighted by molar-refractivity contribution is 6.06. The van der Waals surface area contributed by atoms with Gasteiger partial charge in [0, 0.05) is 26.7 Å². The molecule has 1 aliphatic heterocycles. The second kappa shape index (κ2) is 7.20. The number of carbonyl (C=O) groups is 2. The third-order valence-electron chi connectivity index (χ3n) is 7.60. The van der Waals surface area contributed by atoms with Crippen molar-refractivity contribution < 1.29 is 9.59 Å². The number of allylic oxidation sites excluding steroid dienone is 2. The minimum atomic E-state index is -0.0772. The van der Waals surface area contributed by atoms with Gasteiger partial charge in [0.25, 0.3) is 0 Å². The van der Waals surface area contributed by atoms with E-state index in [1.165, 1.54) is 30.6 Å². The van der Waals surface area contributed by atoms with Crippen molar-refractivity contribution in [3.05, 3.63) is 12.2 Å². The maximum absolute atomic E-state index is 12.7. The Bertz CT molecular complexity index is 667. The molecule has 0 aromatic carbocycles. The van der Waals surface area contributed by atoms with Gasteiger partial charge in [-0.05, 0) is 68.1 Å². The molecular formula is C22H32N4O2. The van der Waals surface area contributed by atoms with Crippen LogP contribution in [-0.2, 0) is 9.59 Å². The van der Waals surface area contributed by atoms with Gasteiger partial charge in [-0.3, -0.25) is 19.5 Å². The standard InChI is InChI=1S/C22H32N4O2/c1-23-22(25-12-17(13-3-4-13)14-5-6-14)24-9-2-10-26-20(27)18-15-7-8-16(11-15)19(18)21(26)28/h7-8,13-19H,2-6,9-12H2,1H3,(H2,23,24,25). The molecule has 2 amide bonds. The van der Waals surface area contributed by atoms with Crippen LogP contribution >= 0.6 is 0 Å². The molecule has 2 bridgehead atoms. The maximum atomic E-state index is 12.7. The molecule has 1 heterocycles. The third kappa shape index (κ3) is 3.25. The first-order valence-electron chi connectivity index (χ1n) is 11.2. The molecule has 4 fully saturated rings. The summed E-state index contributed by atoms with van der Waals surface area (Å²) in [5.41, 5.74) is 0. The zero-order valence-corrected chi connectivity index (χ0v) is 16.8. The van der Waals surface area contributed by atoms with Crippen LogP contribution in [0.5, 0.6) is 0 Å². The predicted octanol–water partition coefficient (Wildman–Crippen LogP) is 1.78. The first kappa shape index (κ1) is 18.2. The van der Waals surface area contributed by atoms with E-state index in [9.17, 15) is 9.59 Å². The topological polar surface area (TPSA) is 73.8 Å². The number of hydrogen-bond donors (Lipinski definition) is 2. The van der Waals surface area contributed by atoms with Crippen LogP contribution in [0.3, 0.4) is 0 Å². The monoisotopic (exact) mass is 384 g/mol. The van der Waals surface area contributed by atoms with Gasteiger partial charge in [0.15, 0.2) is 5.96 Å². The molecule has 3 saturated carbocycles. The summed E-state index contributed by atoms with van der Waals surface area (Å²) < 4.78 is 0. The number of rotatable bonds is 8. The van der Waals surface area contributed by atoms with Crippen LogP contribution in [0.25, 0.3) is 0 Å². The van der Waals surface area contributed by atoms with Gasteiger partial charge in [0.2, 0.25) is 11.8 Å². The summed E-state index contributed by atoms with van der Waals surface area (Å²) in [5.74, 6) is 4.05. The number of imide groups is 1. The van der Waals surface area contributed by atoms with E-state index in [0.717, 1.165) is 43.1 Å². The molecule has 5 rings (SSSR count). The Morgan fingerprint density at radius 1 is 1.07 bits per heavy atom. The van der Waals surface area contributed by atoms with Crippen molar-refractivity contribution in [1.82, 2.24) is 15.5 Å². The lowest BCUT2D eigenvalue weighted by molar-refractivity contribution is -0.140. The third-order valence-corrected chi connectivity index (χ3v) is 7.60. The summed E-state index contributed by atoms with van der Waals surface area (Å²) in [6.07, 6.45) is 11.6. The molecule has 6 heteroatoms. The molecule has 4 aliphatic carbocycles. The molecule has 5 aliphatic rings. The van der Waals surface area contributed by atoms with Crippen LogP contribution in [0.15, 0.2) is 17.1 Å². The molecule has 1 saturated heterocycles. The molecule has 152 valence electrons. The fraction of sp³-hybridized carbons (Fsp3) is 0.773. The Balaban J connectivity index is 1.06. The predicted molar refractivity (Wildman–Crippen MR) is 107 cm³/mol. The van der Waals surface area contributed by atoms with Crippen LogP contribution in [-0.4, -0.2) is 49.4 Å². The molecule has 4 unspecified atom stereocenters. The van der Waals surface area contributed by atoms with E-state index in [1.807, 2.05) is 0 Å². The number of amides is 2. The number of carbonyl (C=O) groups excluding carboxylic acids is 2. The lowest BCUT2D eigenvalue weighted by atomic mass is 9.85. The molecule has 28 heavy (non-hydrogen) atoms. The zero-order chi connectivity index (χ0) is 19.3. The van der Waals surface area contributed by atoms with Crippen LogP contribution < -0.4 is 10.6 Å². The molecule has 0 aromatic heterocycles. The van der Waals surface area contributed by atoms with Crippen LogP contribution in [0.2, 0.25) is 0 Å². The Morgan fingerprint density at radius 3 is 2.21 bits per heavy atom. The van der Waals surface area contributed by atoms with E-state index in [2.05, 4.69) is 27.8 Å². The second-order valence-corrected chi connectivity index (χ2v) is 9.40. The van der Waals surface area contributed by atoms with E-state index in [1.54, 1.807) is 7.05 Å². The fourth-order valence-corrected chi connectivity index (χ4v) is 5.83. The van der Waals surface area contributed by atoms with Crippen molar-refractivity contribution in [2.45, 2.75) is 38.5 Å². The lowest BCUT2D eigenvalue weighted by Crippen LogP contribution is -2.42. The maximum Gasteiger partial charge on any atom is 0.233 e. The van der Waals surface area contributed by atoms with Crippen LogP contribution in [0.1, 0.15) is 38.5 Å². The molecule has 0 radical (unpaired) electrons. The molecule has 0 aromatic rings. The van der Waals surface area contributed by atoms with E-state index >= 15 is 0 Å². The minimum absolute atomic E-state index is 0.0612. The highest BCUT2D eigenvalue weighted by Gasteiger charge is 2.58. The van der Waals surface area contributed by atoms with Gasteiger partial charge >= 0.3 is 0 Å². The van der Waals surface area contributed by atoms with Crippen molar-refractivity contribution in [2.75, 3.05) is 26.7 Å². The first-order valence-corrected chi connectivity index (χ1v) is 11.2. The Labute approximate surface area is 167 Å². The summed E-state index contributed by atoms with van der Waals surface area (Å²) in [6.45, 7) is 2.24. The Kier molecular flexibility index (Phi) is 4.68. The highest BCUT2D eigenvalue weighted by Crippen LogP contribution is 2.52. The smallest absolute Gasteiger partial charge is 0.233 e. The number of guanidine groups is 1. The summed E-state index contributed by atoms with van der Waals surface area (Å²) in [7, 11) is 1.80. The number of nitrogens with zero attached hydrogens (tertiary/aromatic N) is 2. The minimum Gasteiger partial charge on any atom is -0.356 e. The van der Waals surface area contributed by atoms with Gasteiger partial charge in [0.1, 0.15) is 0 Å². The van der Waals surface area contributed by atoms with Crippen molar-refractivity contribution in [3.8, 4) is 0 Å². The van der Waals surface area contributed by atoms with Crippen LogP contribution in [0.4, 0.5) is 0 Å². The van der Waals surface area contributed by atoms with Gasteiger partial charge in [-0.2, -0.15) is 0 Å². The Morgan fingerprint density at radius 2 is 1.68 bits per heavy atom. The molecule has 6 nitrogen and oxygen atoms in total. The average Bonchev–Trinajstić information content (AvgIpc) is 3.62. The fourth-order valence-electron chi connectivity index (χ4n) is 5.83. The molecule has 2 N–H and O–H groups in total. The van der Waals surface area contributed by atoms with Crippen LogP contribution in [0, 0.1) is 41.4 Å². The number of nitrogens with one attached hydrogen (secondary N) is 2. The highest BCUT2D eigenvalue weighted by atomic mass is 16.2. The zero-order valence-electron chi connectivity index (χ0n) is 16.8.